The molecule has 7 heteroatoms. The number of carbonyl (C=O) groups excluding carboxylic acids is 2. The van der Waals surface area contributed by atoms with Crippen LogP contribution >= 0.6 is 12.2 Å². The van der Waals surface area contributed by atoms with Crippen molar-refractivity contribution in [1.29, 1.82) is 0 Å². The van der Waals surface area contributed by atoms with E-state index < -0.39 is 11.8 Å². The van der Waals surface area contributed by atoms with E-state index in [0.29, 0.717) is 0 Å². The lowest BCUT2D eigenvalue weighted by Gasteiger charge is -2.37. The zero-order valence-corrected chi connectivity index (χ0v) is 14.6. The molecule has 5 nitrogen and oxygen atoms in total. The number of hydrogen-bond donors (Lipinski definition) is 0. The second-order valence-corrected chi connectivity index (χ2v) is 6.49. The average molecular weight is 347 g/mol. The van der Waals surface area contributed by atoms with Gasteiger partial charge in [0, 0.05) is 32.0 Å². The van der Waals surface area contributed by atoms with Gasteiger partial charge in [0.2, 0.25) is 0 Å². The van der Waals surface area contributed by atoms with Crippen molar-refractivity contribution in [3.8, 4) is 0 Å². The topological polar surface area (TPSA) is 43.9 Å². The van der Waals surface area contributed by atoms with E-state index in [0.717, 1.165) is 24.1 Å². The molecule has 1 aromatic carbocycles. The van der Waals surface area contributed by atoms with Crippen molar-refractivity contribution in [2.45, 2.75) is 25.8 Å². The fourth-order valence-electron chi connectivity index (χ4n) is 3.04. The van der Waals surface area contributed by atoms with Gasteiger partial charge >= 0.3 is 0 Å². The lowest BCUT2D eigenvalue weighted by molar-refractivity contribution is -0.132. The molecule has 0 spiro atoms. The summed E-state index contributed by atoms with van der Waals surface area (Å²) in [5, 5.41) is 0.177. The molecule has 0 aliphatic carbocycles. The molecule has 2 aliphatic rings. The molecule has 1 aromatic rings. The molecule has 2 heterocycles. The van der Waals surface area contributed by atoms with Crippen molar-refractivity contribution in [2.24, 2.45) is 0 Å². The predicted octanol–water partition coefficient (Wildman–Crippen LogP) is 2.07. The Balaban J connectivity index is 2.06. The SMILES string of the molecule is C[C@@H]1CCc2cc(F)ccc2N1C=C1C(=O)N(C)C(=S)N(C)C1=O. The molecule has 1 atom stereocenters. The van der Waals surface area contributed by atoms with Crippen molar-refractivity contribution in [3.63, 3.8) is 0 Å². The van der Waals surface area contributed by atoms with Crippen LogP contribution < -0.4 is 4.90 Å². The average Bonchev–Trinajstić information content (AvgIpc) is 2.56. The molecule has 3 rings (SSSR count). The summed E-state index contributed by atoms with van der Waals surface area (Å²) in [4.78, 5) is 29.4. The quantitative estimate of drug-likeness (QED) is 0.443. The third-order valence-electron chi connectivity index (χ3n) is 4.54. The van der Waals surface area contributed by atoms with Gasteiger partial charge in [0.15, 0.2) is 5.11 Å². The number of carbonyl (C=O) groups is 2. The minimum absolute atomic E-state index is 0.0534. The van der Waals surface area contributed by atoms with Crippen LogP contribution in [0.4, 0.5) is 10.1 Å². The highest BCUT2D eigenvalue weighted by molar-refractivity contribution is 7.80. The van der Waals surface area contributed by atoms with Crippen LogP contribution in [0.15, 0.2) is 30.0 Å². The third kappa shape index (κ3) is 2.58. The number of anilines is 1. The molecule has 2 amide bonds. The predicted molar refractivity (Wildman–Crippen MR) is 92.9 cm³/mol. The zero-order chi connectivity index (χ0) is 17.6. The van der Waals surface area contributed by atoms with E-state index in [4.69, 9.17) is 12.2 Å². The Morgan fingerprint density at radius 2 is 1.83 bits per heavy atom. The zero-order valence-electron chi connectivity index (χ0n) is 13.7. The number of nitrogens with zero attached hydrogens (tertiary/aromatic N) is 3. The van der Waals surface area contributed by atoms with Gasteiger partial charge in [-0.05, 0) is 55.7 Å². The Morgan fingerprint density at radius 1 is 1.21 bits per heavy atom. The van der Waals surface area contributed by atoms with Crippen LogP contribution in [0.3, 0.4) is 0 Å². The first kappa shape index (κ1) is 16.6. The Hall–Kier alpha value is -2.28. The largest absolute Gasteiger partial charge is 0.344 e. The molecule has 0 bridgehead atoms. The molecule has 0 unspecified atom stereocenters. The highest BCUT2D eigenvalue weighted by Gasteiger charge is 2.36. The second kappa shape index (κ2) is 5.98. The summed E-state index contributed by atoms with van der Waals surface area (Å²) in [6.07, 6.45) is 3.15. The summed E-state index contributed by atoms with van der Waals surface area (Å²) in [5.41, 5.74) is 1.75. The Labute approximate surface area is 145 Å². The van der Waals surface area contributed by atoms with Crippen LogP contribution in [0.1, 0.15) is 18.9 Å². The van der Waals surface area contributed by atoms with Gasteiger partial charge in [-0.1, -0.05) is 0 Å². The molecule has 24 heavy (non-hydrogen) atoms. The molecular weight excluding hydrogens is 329 g/mol. The van der Waals surface area contributed by atoms with E-state index >= 15 is 0 Å². The number of halogens is 1. The van der Waals surface area contributed by atoms with Crippen molar-refractivity contribution < 1.29 is 14.0 Å². The second-order valence-electron chi connectivity index (χ2n) is 6.12. The van der Waals surface area contributed by atoms with Gasteiger partial charge in [0.25, 0.3) is 11.8 Å². The molecule has 126 valence electrons. The molecular formula is C17H18FN3O2S. The first-order valence-corrected chi connectivity index (χ1v) is 8.10. The molecule has 0 radical (unpaired) electrons. The fourth-order valence-corrected chi connectivity index (χ4v) is 3.21. The summed E-state index contributed by atoms with van der Waals surface area (Å²) >= 11 is 5.09. The van der Waals surface area contributed by atoms with E-state index in [1.54, 1.807) is 26.4 Å². The van der Waals surface area contributed by atoms with E-state index in [2.05, 4.69) is 0 Å². The van der Waals surface area contributed by atoms with Crippen LogP contribution in [0.2, 0.25) is 0 Å². The fraction of sp³-hybridized carbons (Fsp3) is 0.353. The van der Waals surface area contributed by atoms with Gasteiger partial charge in [-0.25, -0.2) is 4.39 Å². The molecule has 0 aromatic heterocycles. The third-order valence-corrected chi connectivity index (χ3v) is 5.09. The van der Waals surface area contributed by atoms with Gasteiger partial charge in [-0.3, -0.25) is 19.4 Å². The van der Waals surface area contributed by atoms with Gasteiger partial charge in [-0.2, -0.15) is 0 Å². The minimum atomic E-state index is -0.426. The summed E-state index contributed by atoms with van der Waals surface area (Å²) in [7, 11) is 3.09. The highest BCUT2D eigenvalue weighted by Crippen LogP contribution is 2.32. The van der Waals surface area contributed by atoms with E-state index in [9.17, 15) is 14.0 Å². The van der Waals surface area contributed by atoms with Crippen LogP contribution in [0, 0.1) is 5.82 Å². The van der Waals surface area contributed by atoms with Crippen LogP contribution in [-0.2, 0) is 16.0 Å². The molecule has 1 fully saturated rings. The van der Waals surface area contributed by atoms with Crippen molar-refractivity contribution >= 4 is 34.8 Å². The molecule has 0 saturated carbocycles. The number of fused-ring (bicyclic) bond motifs is 1. The maximum atomic E-state index is 13.5. The molecule has 1 saturated heterocycles. The highest BCUT2D eigenvalue weighted by atomic mass is 32.1. The first-order valence-electron chi connectivity index (χ1n) is 7.70. The molecule has 0 N–H and O–H groups in total. The summed E-state index contributed by atoms with van der Waals surface area (Å²) in [6.45, 7) is 2.01. The van der Waals surface area contributed by atoms with Gasteiger partial charge in [0.1, 0.15) is 11.4 Å². The van der Waals surface area contributed by atoms with E-state index in [-0.39, 0.29) is 22.5 Å². The Kier molecular flexibility index (Phi) is 4.13. The number of thiocarbonyl (C=S) groups is 1. The van der Waals surface area contributed by atoms with E-state index in [1.807, 2.05) is 11.8 Å². The van der Waals surface area contributed by atoms with E-state index in [1.165, 1.54) is 21.9 Å². The van der Waals surface area contributed by atoms with Crippen molar-refractivity contribution in [2.75, 3.05) is 19.0 Å². The molecule has 2 aliphatic heterocycles. The number of hydrogen-bond acceptors (Lipinski definition) is 4. The van der Waals surface area contributed by atoms with Gasteiger partial charge in [-0.15, -0.1) is 0 Å². The standard InChI is InChI=1S/C17H18FN3O2S/c1-10-4-5-11-8-12(18)6-7-14(11)21(10)9-13-15(22)19(2)17(24)20(3)16(13)23/h6-10H,4-5H2,1-3H3/t10-/m1/s1. The maximum absolute atomic E-state index is 13.5. The minimum Gasteiger partial charge on any atom is -0.344 e. The lowest BCUT2D eigenvalue weighted by atomic mass is 9.96. The monoisotopic (exact) mass is 347 g/mol. The lowest BCUT2D eigenvalue weighted by Crippen LogP contribution is -2.53. The smallest absolute Gasteiger partial charge is 0.266 e. The van der Waals surface area contributed by atoms with Crippen LogP contribution in [-0.4, -0.2) is 46.9 Å². The summed E-state index contributed by atoms with van der Waals surface area (Å²) in [5.74, 6) is -1.14. The summed E-state index contributed by atoms with van der Waals surface area (Å²) < 4.78 is 13.5. The van der Waals surface area contributed by atoms with Crippen LogP contribution in [0.25, 0.3) is 0 Å². The van der Waals surface area contributed by atoms with Gasteiger partial charge < -0.3 is 4.90 Å². The van der Waals surface area contributed by atoms with Gasteiger partial charge in [0.05, 0.1) is 0 Å². The number of amides is 2. The first-order chi connectivity index (χ1) is 11.3. The number of likely N-dealkylation sites (N-methyl/N-ethyl adjacent to an activating group) is 2. The summed E-state index contributed by atoms with van der Waals surface area (Å²) in [6, 6.07) is 4.68. The number of benzene rings is 1. The maximum Gasteiger partial charge on any atom is 0.266 e. The van der Waals surface area contributed by atoms with Crippen LogP contribution in [0.5, 0.6) is 0 Å². The Bertz CT molecular complexity index is 751. The Morgan fingerprint density at radius 3 is 2.46 bits per heavy atom. The number of rotatable bonds is 1. The number of aryl methyl sites for hydroxylation is 1. The van der Waals surface area contributed by atoms with Crippen molar-refractivity contribution in [1.82, 2.24) is 9.80 Å². The normalized spacial score (nSPS) is 21.3. The van der Waals surface area contributed by atoms with Crippen molar-refractivity contribution in [3.05, 3.63) is 41.4 Å².